The van der Waals surface area contributed by atoms with Crippen molar-refractivity contribution >= 4 is 22.7 Å². The van der Waals surface area contributed by atoms with Gasteiger partial charge in [0.15, 0.2) is 0 Å². The second kappa shape index (κ2) is 8.00. The summed E-state index contributed by atoms with van der Waals surface area (Å²) < 4.78 is 31.2. The average Bonchev–Trinajstić information content (AvgIpc) is 3.18. The molecule has 0 aliphatic rings. The zero-order valence-corrected chi connectivity index (χ0v) is 15.8. The minimum Gasteiger partial charge on any atom is -0.455 e. The average molecular weight is 398 g/mol. The van der Waals surface area contributed by atoms with E-state index in [9.17, 15) is 4.39 Å². The Morgan fingerprint density at radius 1 is 1.14 bits per heavy atom. The number of rotatable bonds is 6. The Kier molecular flexibility index (Phi) is 5.28. The molecule has 0 aliphatic heterocycles. The first-order valence-corrected chi connectivity index (χ1v) is 9.14. The summed E-state index contributed by atoms with van der Waals surface area (Å²) in [5.41, 5.74) is 1.98. The number of furan rings is 1. The summed E-state index contributed by atoms with van der Waals surface area (Å²) in [5.74, 6) is 0.382. The van der Waals surface area contributed by atoms with Gasteiger partial charge >= 0.3 is 0 Å². The van der Waals surface area contributed by atoms with E-state index in [1.165, 1.54) is 6.07 Å². The molecule has 2 heterocycles. The largest absolute Gasteiger partial charge is 0.455 e. The molecule has 2 aromatic heterocycles. The van der Waals surface area contributed by atoms with Crippen molar-refractivity contribution in [2.75, 3.05) is 0 Å². The molecule has 0 saturated heterocycles. The summed E-state index contributed by atoms with van der Waals surface area (Å²) >= 11 is 6.25. The lowest BCUT2D eigenvalue weighted by molar-refractivity contribution is 0.0511. The number of pyridine rings is 1. The van der Waals surface area contributed by atoms with Crippen LogP contribution in [0.15, 0.2) is 71.5 Å². The fourth-order valence-electron chi connectivity index (χ4n) is 2.92. The Labute approximate surface area is 166 Å². The van der Waals surface area contributed by atoms with E-state index in [-0.39, 0.29) is 5.02 Å². The van der Waals surface area contributed by atoms with Crippen LogP contribution in [0.1, 0.15) is 24.2 Å². The quantitative estimate of drug-likeness (QED) is 0.363. The SMILES string of the molecule is CC(OCc1ccccc1)c1c(Oc2cnc3occc3c2)ccc(F)c1Cl. The number of hydrogen-bond acceptors (Lipinski definition) is 4. The number of hydrogen-bond donors (Lipinski definition) is 0. The van der Waals surface area contributed by atoms with Gasteiger partial charge in [-0.25, -0.2) is 9.37 Å². The van der Waals surface area contributed by atoms with E-state index in [4.69, 9.17) is 25.5 Å². The van der Waals surface area contributed by atoms with E-state index >= 15 is 0 Å². The maximum atomic E-state index is 14.1. The van der Waals surface area contributed by atoms with Gasteiger partial charge in [-0.2, -0.15) is 0 Å². The van der Waals surface area contributed by atoms with Crippen LogP contribution in [-0.4, -0.2) is 4.98 Å². The molecule has 4 rings (SSSR count). The van der Waals surface area contributed by atoms with Crippen molar-refractivity contribution in [3.63, 3.8) is 0 Å². The van der Waals surface area contributed by atoms with Gasteiger partial charge in [-0.3, -0.25) is 0 Å². The van der Waals surface area contributed by atoms with E-state index in [0.717, 1.165) is 10.9 Å². The molecule has 0 fully saturated rings. The number of aromatic nitrogens is 1. The number of halogens is 2. The molecule has 4 nitrogen and oxygen atoms in total. The number of nitrogens with zero attached hydrogens (tertiary/aromatic N) is 1. The van der Waals surface area contributed by atoms with Crippen molar-refractivity contribution < 1.29 is 18.3 Å². The van der Waals surface area contributed by atoms with Crippen LogP contribution >= 0.6 is 11.6 Å². The molecule has 6 heteroatoms. The van der Waals surface area contributed by atoms with Crippen molar-refractivity contribution in [2.24, 2.45) is 0 Å². The van der Waals surface area contributed by atoms with Crippen LogP contribution in [0.3, 0.4) is 0 Å². The van der Waals surface area contributed by atoms with Gasteiger partial charge in [0.25, 0.3) is 0 Å². The lowest BCUT2D eigenvalue weighted by atomic mass is 10.1. The van der Waals surface area contributed by atoms with Crippen LogP contribution in [0, 0.1) is 5.82 Å². The molecular weight excluding hydrogens is 381 g/mol. The van der Waals surface area contributed by atoms with Crippen LogP contribution < -0.4 is 4.74 Å². The van der Waals surface area contributed by atoms with Crippen molar-refractivity contribution in [1.82, 2.24) is 4.98 Å². The van der Waals surface area contributed by atoms with Crippen LogP contribution in [0.2, 0.25) is 5.02 Å². The van der Waals surface area contributed by atoms with Crippen LogP contribution in [0.25, 0.3) is 11.1 Å². The second-order valence-corrected chi connectivity index (χ2v) is 6.68. The molecule has 142 valence electrons. The predicted molar refractivity (Wildman–Crippen MR) is 105 cm³/mol. The molecular formula is C22H17ClFNO3. The third kappa shape index (κ3) is 3.86. The van der Waals surface area contributed by atoms with Gasteiger partial charge in [0, 0.05) is 10.9 Å². The number of ether oxygens (including phenoxy) is 2. The van der Waals surface area contributed by atoms with Gasteiger partial charge in [0.05, 0.1) is 30.2 Å². The molecule has 0 bridgehead atoms. The molecule has 0 aliphatic carbocycles. The molecule has 28 heavy (non-hydrogen) atoms. The predicted octanol–water partition coefficient (Wildman–Crippen LogP) is 6.69. The van der Waals surface area contributed by atoms with Gasteiger partial charge < -0.3 is 13.9 Å². The maximum absolute atomic E-state index is 14.1. The third-order valence-corrected chi connectivity index (χ3v) is 4.73. The Balaban J connectivity index is 1.61. The Bertz CT molecular complexity index is 1100. The summed E-state index contributed by atoms with van der Waals surface area (Å²) in [6.07, 6.45) is 2.62. The highest BCUT2D eigenvalue weighted by Crippen LogP contribution is 2.38. The van der Waals surface area contributed by atoms with Gasteiger partial charge in [0.2, 0.25) is 5.71 Å². The van der Waals surface area contributed by atoms with E-state index in [1.54, 1.807) is 30.7 Å². The van der Waals surface area contributed by atoms with Gasteiger partial charge in [-0.05, 0) is 36.8 Å². The lowest BCUT2D eigenvalue weighted by Crippen LogP contribution is -2.05. The highest BCUT2D eigenvalue weighted by atomic mass is 35.5. The summed E-state index contributed by atoms with van der Waals surface area (Å²) in [6.45, 7) is 2.19. The molecule has 1 atom stereocenters. The minimum atomic E-state index is -0.525. The van der Waals surface area contributed by atoms with E-state index in [0.29, 0.717) is 29.4 Å². The van der Waals surface area contributed by atoms with Crippen molar-refractivity contribution in [3.8, 4) is 11.5 Å². The van der Waals surface area contributed by atoms with Crippen LogP contribution in [0.4, 0.5) is 4.39 Å². The second-order valence-electron chi connectivity index (χ2n) is 6.30. The Morgan fingerprint density at radius 2 is 1.96 bits per heavy atom. The van der Waals surface area contributed by atoms with Crippen molar-refractivity contribution in [2.45, 2.75) is 19.6 Å². The molecule has 0 amide bonds. The van der Waals surface area contributed by atoms with E-state index < -0.39 is 11.9 Å². The molecule has 4 aromatic rings. The summed E-state index contributed by atoms with van der Waals surface area (Å²) in [6, 6.07) is 16.1. The molecule has 0 N–H and O–H groups in total. The number of fused-ring (bicyclic) bond motifs is 1. The van der Waals surface area contributed by atoms with Gasteiger partial charge in [0.1, 0.15) is 17.3 Å². The fourth-order valence-corrected chi connectivity index (χ4v) is 3.23. The normalized spacial score (nSPS) is 12.2. The van der Waals surface area contributed by atoms with Crippen molar-refractivity contribution in [1.29, 1.82) is 0 Å². The first-order chi connectivity index (χ1) is 13.6. The fraction of sp³-hybridized carbons (Fsp3) is 0.136. The maximum Gasteiger partial charge on any atom is 0.226 e. The van der Waals surface area contributed by atoms with Gasteiger partial charge in [-0.1, -0.05) is 41.9 Å². The zero-order valence-electron chi connectivity index (χ0n) is 15.1. The summed E-state index contributed by atoms with van der Waals surface area (Å²) in [7, 11) is 0. The molecule has 2 aromatic carbocycles. The minimum absolute atomic E-state index is 0.0181. The monoisotopic (exact) mass is 397 g/mol. The number of benzene rings is 2. The van der Waals surface area contributed by atoms with E-state index in [2.05, 4.69) is 4.98 Å². The Hall–Kier alpha value is -2.89. The highest BCUT2D eigenvalue weighted by molar-refractivity contribution is 6.31. The first-order valence-electron chi connectivity index (χ1n) is 8.76. The van der Waals surface area contributed by atoms with E-state index in [1.807, 2.05) is 37.3 Å². The smallest absolute Gasteiger partial charge is 0.226 e. The van der Waals surface area contributed by atoms with Gasteiger partial charge in [-0.15, -0.1) is 0 Å². The summed E-state index contributed by atoms with van der Waals surface area (Å²) in [5, 5.41) is 0.788. The third-order valence-electron chi connectivity index (χ3n) is 4.35. The van der Waals surface area contributed by atoms with Crippen LogP contribution in [0.5, 0.6) is 11.5 Å². The standard InChI is InChI=1S/C22H17ClFNO3/c1-14(27-13-15-5-3-2-4-6-15)20-19(8-7-18(24)21(20)23)28-17-11-16-9-10-26-22(16)25-12-17/h2-12,14H,13H2,1H3. The van der Waals surface area contributed by atoms with Crippen molar-refractivity contribution in [3.05, 3.63) is 89.0 Å². The lowest BCUT2D eigenvalue weighted by Gasteiger charge is -2.19. The molecule has 0 spiro atoms. The first kappa shape index (κ1) is 18.5. The van der Waals surface area contributed by atoms with Crippen LogP contribution in [-0.2, 0) is 11.3 Å². The highest BCUT2D eigenvalue weighted by Gasteiger charge is 2.20. The topological polar surface area (TPSA) is 44.5 Å². The molecule has 1 unspecified atom stereocenters. The molecule has 0 saturated carbocycles. The molecule has 0 radical (unpaired) electrons. The Morgan fingerprint density at radius 3 is 2.79 bits per heavy atom. The summed E-state index contributed by atoms with van der Waals surface area (Å²) in [4.78, 5) is 4.20. The zero-order chi connectivity index (χ0) is 19.5.